The van der Waals surface area contributed by atoms with Gasteiger partial charge in [-0.3, -0.25) is 9.69 Å². The summed E-state index contributed by atoms with van der Waals surface area (Å²) in [6.07, 6.45) is 9.15. The first-order chi connectivity index (χ1) is 12.5. The molecule has 0 aromatic rings. The Labute approximate surface area is 156 Å². The SMILES string of the molecule is CC1CN2C3C4=CCCC4C(O)CC3C3(C)OC(=O)CCC34CCC1C24. The van der Waals surface area contributed by atoms with Crippen LogP contribution in [0.1, 0.15) is 58.8 Å². The van der Waals surface area contributed by atoms with Crippen LogP contribution in [0.25, 0.3) is 0 Å². The molecule has 0 bridgehead atoms. The van der Waals surface area contributed by atoms with Crippen molar-refractivity contribution in [3.63, 3.8) is 0 Å². The number of piperidine rings is 1. The molecule has 0 amide bonds. The van der Waals surface area contributed by atoms with Gasteiger partial charge >= 0.3 is 5.97 Å². The molecule has 0 aromatic carbocycles. The number of rotatable bonds is 0. The maximum atomic E-state index is 12.4. The summed E-state index contributed by atoms with van der Waals surface area (Å²) in [5.74, 6) is 2.04. The van der Waals surface area contributed by atoms with Crippen LogP contribution in [0.3, 0.4) is 0 Å². The smallest absolute Gasteiger partial charge is 0.306 e. The molecule has 5 fully saturated rings. The van der Waals surface area contributed by atoms with Gasteiger partial charge in [-0.25, -0.2) is 0 Å². The summed E-state index contributed by atoms with van der Waals surface area (Å²) in [5.41, 5.74) is 1.16. The molecule has 3 aliphatic heterocycles. The first-order valence-electron chi connectivity index (χ1n) is 10.8. The van der Waals surface area contributed by atoms with Crippen molar-refractivity contribution >= 4 is 5.97 Å². The Balaban J connectivity index is 1.55. The number of esters is 1. The lowest BCUT2D eigenvalue weighted by Crippen LogP contribution is -2.74. The Morgan fingerprint density at radius 3 is 3.00 bits per heavy atom. The van der Waals surface area contributed by atoms with Crippen molar-refractivity contribution in [3.05, 3.63) is 11.6 Å². The maximum Gasteiger partial charge on any atom is 0.306 e. The fourth-order valence-electron chi connectivity index (χ4n) is 8.63. The molecular formula is C22H31NO3. The largest absolute Gasteiger partial charge is 0.458 e. The Morgan fingerprint density at radius 1 is 1.31 bits per heavy atom. The number of hydrogen-bond acceptors (Lipinski definition) is 4. The van der Waals surface area contributed by atoms with Crippen molar-refractivity contribution in [3.8, 4) is 0 Å². The van der Waals surface area contributed by atoms with Crippen LogP contribution >= 0.6 is 0 Å². The number of carbonyl (C=O) groups is 1. The van der Waals surface area contributed by atoms with Crippen molar-refractivity contribution in [2.45, 2.75) is 82.6 Å². The van der Waals surface area contributed by atoms with Crippen LogP contribution in [0.5, 0.6) is 0 Å². The number of nitrogens with zero attached hydrogens (tertiary/aromatic N) is 1. The highest BCUT2D eigenvalue weighted by Gasteiger charge is 2.74. The number of carbonyl (C=O) groups excluding carboxylic acids is 1. The lowest BCUT2D eigenvalue weighted by atomic mass is 9.51. The molecule has 142 valence electrons. The van der Waals surface area contributed by atoms with Gasteiger partial charge in [0, 0.05) is 42.3 Å². The summed E-state index contributed by atoms with van der Waals surface area (Å²) in [6, 6.07) is 0.944. The van der Waals surface area contributed by atoms with Crippen LogP contribution < -0.4 is 0 Å². The quantitative estimate of drug-likeness (QED) is 0.535. The van der Waals surface area contributed by atoms with Gasteiger partial charge in [-0.1, -0.05) is 18.6 Å². The lowest BCUT2D eigenvalue weighted by Gasteiger charge is -2.66. The highest BCUT2D eigenvalue weighted by molar-refractivity contribution is 5.71. The molecule has 26 heavy (non-hydrogen) atoms. The van der Waals surface area contributed by atoms with Crippen molar-refractivity contribution < 1.29 is 14.6 Å². The Bertz CT molecular complexity index is 704. The molecule has 6 rings (SSSR count). The first-order valence-corrected chi connectivity index (χ1v) is 10.8. The molecule has 6 aliphatic rings. The number of aliphatic hydroxyl groups is 1. The van der Waals surface area contributed by atoms with Gasteiger partial charge in [0.2, 0.25) is 0 Å². The van der Waals surface area contributed by atoms with E-state index in [-0.39, 0.29) is 23.4 Å². The number of fused-ring (bicyclic) bond motifs is 5. The van der Waals surface area contributed by atoms with Gasteiger partial charge in [-0.2, -0.15) is 0 Å². The molecule has 9 unspecified atom stereocenters. The van der Waals surface area contributed by atoms with Crippen molar-refractivity contribution in [2.75, 3.05) is 6.54 Å². The maximum absolute atomic E-state index is 12.4. The summed E-state index contributed by atoms with van der Waals surface area (Å²) < 4.78 is 6.30. The van der Waals surface area contributed by atoms with Gasteiger partial charge < -0.3 is 9.84 Å². The standard InChI is InChI=1S/C22H31NO3/c1-12-11-23-19-15-5-3-4-14(15)17(24)10-16(19)21(2)22(9-7-18(25)26-21)8-6-13(12)20(22)23/h5,12-14,16-17,19-20,24H,3-4,6-11H2,1-2H3. The fraction of sp³-hybridized carbons (Fsp3) is 0.864. The lowest BCUT2D eigenvalue weighted by molar-refractivity contribution is -0.247. The van der Waals surface area contributed by atoms with E-state index in [4.69, 9.17) is 4.74 Å². The fourth-order valence-corrected chi connectivity index (χ4v) is 8.63. The summed E-state index contributed by atoms with van der Waals surface area (Å²) in [6.45, 7) is 5.86. The molecule has 3 saturated heterocycles. The molecule has 1 spiro atoms. The molecule has 9 atom stereocenters. The van der Waals surface area contributed by atoms with E-state index in [0.717, 1.165) is 37.5 Å². The first kappa shape index (κ1) is 16.1. The molecular weight excluding hydrogens is 326 g/mol. The molecule has 3 heterocycles. The average Bonchev–Trinajstić information content (AvgIpc) is 3.29. The zero-order valence-corrected chi connectivity index (χ0v) is 16.0. The van der Waals surface area contributed by atoms with E-state index in [1.807, 2.05) is 0 Å². The van der Waals surface area contributed by atoms with E-state index >= 15 is 0 Å². The van der Waals surface area contributed by atoms with Crippen molar-refractivity contribution in [2.24, 2.45) is 29.1 Å². The van der Waals surface area contributed by atoms with Crippen LogP contribution in [0.15, 0.2) is 11.6 Å². The number of aliphatic hydroxyl groups excluding tert-OH is 1. The monoisotopic (exact) mass is 357 g/mol. The highest BCUT2D eigenvalue weighted by Crippen LogP contribution is 2.69. The second-order valence-corrected chi connectivity index (χ2v) is 10.3. The van der Waals surface area contributed by atoms with E-state index in [1.54, 1.807) is 0 Å². The van der Waals surface area contributed by atoms with Gasteiger partial charge in [0.15, 0.2) is 0 Å². The van der Waals surface area contributed by atoms with E-state index in [2.05, 4.69) is 24.8 Å². The zero-order chi connectivity index (χ0) is 17.8. The van der Waals surface area contributed by atoms with Gasteiger partial charge in [-0.05, 0) is 57.3 Å². The van der Waals surface area contributed by atoms with E-state index in [1.165, 1.54) is 25.0 Å². The summed E-state index contributed by atoms with van der Waals surface area (Å²) in [5, 5.41) is 10.9. The highest BCUT2D eigenvalue weighted by atomic mass is 16.6. The molecule has 4 heteroatoms. The second-order valence-electron chi connectivity index (χ2n) is 10.3. The minimum atomic E-state index is -0.414. The Morgan fingerprint density at radius 2 is 2.15 bits per heavy atom. The summed E-state index contributed by atoms with van der Waals surface area (Å²) in [7, 11) is 0. The second kappa shape index (κ2) is 4.94. The Hall–Kier alpha value is -0.870. The van der Waals surface area contributed by atoms with Gasteiger partial charge in [-0.15, -0.1) is 0 Å². The van der Waals surface area contributed by atoms with E-state index in [9.17, 15) is 9.90 Å². The van der Waals surface area contributed by atoms with Crippen LogP contribution in [0.4, 0.5) is 0 Å². The van der Waals surface area contributed by atoms with E-state index in [0.29, 0.717) is 24.4 Å². The summed E-state index contributed by atoms with van der Waals surface area (Å²) >= 11 is 0. The third kappa shape index (κ3) is 1.64. The van der Waals surface area contributed by atoms with E-state index < -0.39 is 5.60 Å². The van der Waals surface area contributed by atoms with Crippen molar-refractivity contribution in [1.29, 1.82) is 0 Å². The number of allylic oxidation sites excluding steroid dienone is 1. The third-order valence-corrected chi connectivity index (χ3v) is 9.61. The van der Waals surface area contributed by atoms with Crippen LogP contribution in [0, 0.1) is 29.1 Å². The molecule has 1 N–H and O–H groups in total. The molecule has 3 aliphatic carbocycles. The zero-order valence-electron chi connectivity index (χ0n) is 16.0. The van der Waals surface area contributed by atoms with Gasteiger partial charge in [0.25, 0.3) is 0 Å². The number of hydrogen-bond donors (Lipinski definition) is 1. The molecule has 0 aromatic heterocycles. The van der Waals surface area contributed by atoms with Gasteiger partial charge in [0.1, 0.15) is 5.60 Å². The van der Waals surface area contributed by atoms with Crippen molar-refractivity contribution in [1.82, 2.24) is 4.90 Å². The van der Waals surface area contributed by atoms with Gasteiger partial charge in [0.05, 0.1) is 6.10 Å². The van der Waals surface area contributed by atoms with Crippen LogP contribution in [0.2, 0.25) is 0 Å². The molecule has 4 nitrogen and oxygen atoms in total. The van der Waals surface area contributed by atoms with Crippen LogP contribution in [-0.4, -0.2) is 46.3 Å². The predicted octanol–water partition coefficient (Wildman–Crippen LogP) is 2.90. The Kier molecular flexibility index (Phi) is 3.06. The topological polar surface area (TPSA) is 49.8 Å². The minimum Gasteiger partial charge on any atom is -0.458 e. The predicted molar refractivity (Wildman–Crippen MR) is 97.3 cm³/mol. The number of ether oxygens (including phenoxy) is 1. The molecule has 2 saturated carbocycles. The third-order valence-electron chi connectivity index (χ3n) is 9.61. The van der Waals surface area contributed by atoms with Crippen LogP contribution in [-0.2, 0) is 9.53 Å². The normalized spacial score (nSPS) is 57.7. The average molecular weight is 357 g/mol. The molecule has 0 radical (unpaired) electrons. The summed E-state index contributed by atoms with van der Waals surface area (Å²) in [4.78, 5) is 15.3. The minimum absolute atomic E-state index is 0.0168.